The van der Waals surface area contributed by atoms with E-state index in [9.17, 15) is 10.2 Å². The Bertz CT molecular complexity index is 846. The molecular formula is C22H26N2O2. The van der Waals surface area contributed by atoms with Crippen LogP contribution in [0.5, 0.6) is 11.5 Å². The van der Waals surface area contributed by atoms with Crippen LogP contribution in [0.25, 0.3) is 0 Å². The third-order valence-electron chi connectivity index (χ3n) is 6.93. The fraction of sp³-hybridized carbons (Fsp3) is 0.455. The topological polar surface area (TPSA) is 64.5 Å². The van der Waals surface area contributed by atoms with Crippen LogP contribution in [0.15, 0.2) is 36.4 Å². The minimum atomic E-state index is 0.189. The molecule has 4 heteroatoms. The Hall–Kier alpha value is -2.20. The Balaban J connectivity index is 1.57. The zero-order valence-corrected chi connectivity index (χ0v) is 15.0. The zero-order valence-electron chi connectivity index (χ0n) is 15.0. The van der Waals surface area contributed by atoms with Gasteiger partial charge >= 0.3 is 0 Å². The Morgan fingerprint density at radius 1 is 1.00 bits per heavy atom. The molecule has 4 N–H and O–H groups in total. The number of rotatable bonds is 2. The molecule has 0 amide bonds. The molecule has 3 atom stereocenters. The predicted molar refractivity (Wildman–Crippen MR) is 103 cm³/mol. The van der Waals surface area contributed by atoms with E-state index in [2.05, 4.69) is 16.7 Å². The van der Waals surface area contributed by atoms with Crippen molar-refractivity contribution in [2.45, 2.75) is 50.0 Å². The van der Waals surface area contributed by atoms with Gasteiger partial charge in [0.15, 0.2) is 0 Å². The first kappa shape index (κ1) is 16.0. The maximum absolute atomic E-state index is 10.7. The normalized spacial score (nSPS) is 29.5. The number of aromatic hydroxyl groups is 2. The van der Waals surface area contributed by atoms with Crippen molar-refractivity contribution in [2.24, 2.45) is 5.92 Å². The highest BCUT2D eigenvalue weighted by Crippen LogP contribution is 2.55. The monoisotopic (exact) mass is 350 g/mol. The summed E-state index contributed by atoms with van der Waals surface area (Å²) in [4.78, 5) is 0. The van der Waals surface area contributed by atoms with Gasteiger partial charge in [-0.2, -0.15) is 0 Å². The molecule has 3 aliphatic rings. The second-order valence-electron chi connectivity index (χ2n) is 8.19. The van der Waals surface area contributed by atoms with E-state index in [-0.39, 0.29) is 16.9 Å². The maximum atomic E-state index is 10.7. The summed E-state index contributed by atoms with van der Waals surface area (Å²) < 4.78 is 0. The van der Waals surface area contributed by atoms with Gasteiger partial charge < -0.3 is 20.8 Å². The lowest BCUT2D eigenvalue weighted by molar-refractivity contribution is 0.0796. The minimum Gasteiger partial charge on any atom is -0.506 e. The molecule has 1 saturated heterocycles. The lowest BCUT2D eigenvalue weighted by Gasteiger charge is -2.56. The maximum Gasteiger partial charge on any atom is 0.139 e. The number of piperidine rings is 1. The minimum absolute atomic E-state index is 0.189. The first-order valence-corrected chi connectivity index (χ1v) is 9.82. The number of fused-ring (bicyclic) bond motifs is 1. The molecule has 26 heavy (non-hydrogen) atoms. The number of anilines is 2. The first-order chi connectivity index (χ1) is 12.7. The molecule has 136 valence electrons. The van der Waals surface area contributed by atoms with Crippen molar-refractivity contribution in [3.63, 3.8) is 0 Å². The molecule has 1 saturated carbocycles. The molecule has 2 aromatic carbocycles. The van der Waals surface area contributed by atoms with Crippen LogP contribution in [-0.4, -0.2) is 22.8 Å². The van der Waals surface area contributed by atoms with E-state index in [1.165, 1.54) is 43.2 Å². The van der Waals surface area contributed by atoms with Crippen molar-refractivity contribution >= 4 is 11.4 Å². The highest BCUT2D eigenvalue weighted by atomic mass is 16.3. The van der Waals surface area contributed by atoms with Gasteiger partial charge in [-0.1, -0.05) is 25.0 Å². The summed E-state index contributed by atoms with van der Waals surface area (Å²) in [7, 11) is 0. The van der Waals surface area contributed by atoms with Gasteiger partial charge in [-0.05, 0) is 73.5 Å². The van der Waals surface area contributed by atoms with E-state index in [0.717, 1.165) is 13.0 Å². The predicted octanol–water partition coefficient (Wildman–Crippen LogP) is 4.19. The number of phenolic OH excluding ortho intramolecular Hbond substituents is 2. The van der Waals surface area contributed by atoms with Gasteiger partial charge in [0.25, 0.3) is 0 Å². The molecule has 1 heterocycles. The summed E-state index contributed by atoms with van der Waals surface area (Å²) in [5.74, 6) is 1.17. The summed E-state index contributed by atoms with van der Waals surface area (Å²) in [6.07, 6.45) is 7.37. The number of nitrogens with one attached hydrogen (secondary N) is 2. The van der Waals surface area contributed by atoms with Crippen molar-refractivity contribution < 1.29 is 10.2 Å². The van der Waals surface area contributed by atoms with Gasteiger partial charge in [0.2, 0.25) is 0 Å². The average Bonchev–Trinajstić information content (AvgIpc) is 2.65. The first-order valence-electron chi connectivity index (χ1n) is 9.82. The summed E-state index contributed by atoms with van der Waals surface area (Å²) in [6, 6.07) is 11.8. The third kappa shape index (κ3) is 2.32. The summed E-state index contributed by atoms with van der Waals surface area (Å²) in [5, 5.41) is 27.7. The number of hydrogen-bond donors (Lipinski definition) is 4. The van der Waals surface area contributed by atoms with Crippen molar-refractivity contribution in [1.29, 1.82) is 0 Å². The van der Waals surface area contributed by atoms with Gasteiger partial charge in [0.1, 0.15) is 11.5 Å². The Morgan fingerprint density at radius 2 is 1.88 bits per heavy atom. The summed E-state index contributed by atoms with van der Waals surface area (Å²) >= 11 is 0. The second kappa shape index (κ2) is 5.92. The second-order valence-corrected chi connectivity index (χ2v) is 8.19. The lowest BCUT2D eigenvalue weighted by atomic mass is 9.53. The Morgan fingerprint density at radius 3 is 2.77 bits per heavy atom. The molecule has 2 aromatic rings. The molecule has 0 radical (unpaired) electrons. The van der Waals surface area contributed by atoms with E-state index in [0.29, 0.717) is 23.3 Å². The molecule has 1 aliphatic heterocycles. The molecule has 2 bridgehead atoms. The quantitative estimate of drug-likeness (QED) is 0.613. The van der Waals surface area contributed by atoms with E-state index < -0.39 is 0 Å². The Labute approximate surface area is 154 Å². The van der Waals surface area contributed by atoms with Crippen molar-refractivity contribution in [1.82, 2.24) is 5.32 Å². The van der Waals surface area contributed by atoms with E-state index in [1.807, 2.05) is 18.2 Å². The molecule has 5 rings (SSSR count). The molecule has 0 unspecified atom stereocenters. The van der Waals surface area contributed by atoms with Crippen molar-refractivity contribution in [2.75, 3.05) is 11.9 Å². The molecular weight excluding hydrogens is 324 g/mol. The lowest BCUT2D eigenvalue weighted by Crippen LogP contribution is -2.59. The number of phenols is 2. The van der Waals surface area contributed by atoms with Crippen LogP contribution in [0.3, 0.4) is 0 Å². The van der Waals surface area contributed by atoms with Crippen molar-refractivity contribution in [3.05, 3.63) is 47.5 Å². The van der Waals surface area contributed by atoms with Crippen LogP contribution in [0.2, 0.25) is 0 Å². The summed E-state index contributed by atoms with van der Waals surface area (Å²) in [5.41, 5.74) is 4.25. The zero-order chi connectivity index (χ0) is 17.7. The molecule has 4 nitrogen and oxygen atoms in total. The fourth-order valence-electron chi connectivity index (χ4n) is 5.80. The number of benzene rings is 2. The highest BCUT2D eigenvalue weighted by molar-refractivity contribution is 5.72. The molecule has 2 aliphatic carbocycles. The smallest absolute Gasteiger partial charge is 0.139 e. The fourth-order valence-corrected chi connectivity index (χ4v) is 5.80. The highest BCUT2D eigenvalue weighted by Gasteiger charge is 2.51. The van der Waals surface area contributed by atoms with Crippen molar-refractivity contribution in [3.8, 4) is 11.5 Å². The van der Waals surface area contributed by atoms with E-state index in [4.69, 9.17) is 0 Å². The number of hydrogen-bond acceptors (Lipinski definition) is 4. The SMILES string of the molecule is Oc1ccccc1Nc1cc2c(cc1O)[C@@]13CCCC[C@H]1[C@@H](C2)NCC3. The van der Waals surface area contributed by atoms with Gasteiger partial charge in [0.05, 0.1) is 11.4 Å². The largest absolute Gasteiger partial charge is 0.506 e. The van der Waals surface area contributed by atoms with Gasteiger partial charge in [-0.3, -0.25) is 0 Å². The van der Waals surface area contributed by atoms with Crippen LogP contribution in [0.4, 0.5) is 11.4 Å². The molecule has 0 spiro atoms. The Kier molecular flexibility index (Phi) is 3.64. The molecule has 2 fully saturated rings. The summed E-state index contributed by atoms with van der Waals surface area (Å²) in [6.45, 7) is 1.08. The van der Waals surface area contributed by atoms with E-state index >= 15 is 0 Å². The average molecular weight is 350 g/mol. The van der Waals surface area contributed by atoms with Crippen LogP contribution in [0, 0.1) is 5.92 Å². The van der Waals surface area contributed by atoms with Crippen LogP contribution < -0.4 is 10.6 Å². The molecule has 0 aromatic heterocycles. The van der Waals surface area contributed by atoms with E-state index in [1.54, 1.807) is 12.1 Å². The third-order valence-corrected chi connectivity index (χ3v) is 6.93. The van der Waals surface area contributed by atoms with Gasteiger partial charge in [0, 0.05) is 11.5 Å². The van der Waals surface area contributed by atoms with Gasteiger partial charge in [-0.25, -0.2) is 0 Å². The number of para-hydroxylation sites is 2. The standard InChI is InChI=1S/C22H26N2O2/c25-20-7-2-1-6-17(20)24-19-12-14-11-18-15-5-3-4-8-22(15,9-10-23-18)16(14)13-21(19)26/h1-2,6-7,12-13,15,18,23-26H,3-5,8-11H2/t15-,18+,22+/m0/s1. The van der Waals surface area contributed by atoms with Gasteiger partial charge in [-0.15, -0.1) is 0 Å². The van der Waals surface area contributed by atoms with Crippen LogP contribution in [-0.2, 0) is 11.8 Å². The van der Waals surface area contributed by atoms with Crippen LogP contribution >= 0.6 is 0 Å². The van der Waals surface area contributed by atoms with Crippen LogP contribution in [0.1, 0.15) is 43.2 Å².